The van der Waals surface area contributed by atoms with E-state index in [9.17, 15) is 0 Å². The lowest BCUT2D eigenvalue weighted by atomic mass is 10.2. The first kappa shape index (κ1) is 15.5. The van der Waals surface area contributed by atoms with Crippen molar-refractivity contribution in [3.63, 3.8) is 0 Å². The second kappa shape index (κ2) is 6.72. The molecule has 21 heavy (non-hydrogen) atoms. The Balaban J connectivity index is 2.18. The van der Waals surface area contributed by atoms with E-state index in [0.717, 1.165) is 29.3 Å². The Morgan fingerprint density at radius 2 is 2.00 bits per heavy atom. The van der Waals surface area contributed by atoms with Crippen LogP contribution in [0.25, 0.3) is 0 Å². The van der Waals surface area contributed by atoms with Gasteiger partial charge in [0.25, 0.3) is 0 Å². The molecule has 1 N–H and O–H groups in total. The molecule has 2 heterocycles. The van der Waals surface area contributed by atoms with E-state index in [2.05, 4.69) is 43.1 Å². The first-order valence-corrected chi connectivity index (χ1v) is 7.36. The predicted octanol–water partition coefficient (Wildman–Crippen LogP) is 3.46. The molecule has 2 rings (SSSR count). The van der Waals surface area contributed by atoms with Gasteiger partial charge in [-0.15, -0.1) is 0 Å². The quantitative estimate of drug-likeness (QED) is 0.884. The van der Waals surface area contributed by atoms with Crippen molar-refractivity contribution in [1.82, 2.24) is 20.1 Å². The van der Waals surface area contributed by atoms with Crippen LogP contribution >= 0.6 is 0 Å². The van der Waals surface area contributed by atoms with Gasteiger partial charge in [0, 0.05) is 42.1 Å². The van der Waals surface area contributed by atoms with Crippen LogP contribution in [-0.2, 0) is 6.54 Å². The van der Waals surface area contributed by atoms with Crippen LogP contribution in [0.4, 0.5) is 0 Å². The zero-order valence-electron chi connectivity index (χ0n) is 13.4. The van der Waals surface area contributed by atoms with Gasteiger partial charge in [0.15, 0.2) is 5.75 Å². The summed E-state index contributed by atoms with van der Waals surface area (Å²) >= 11 is 0. The Morgan fingerprint density at radius 1 is 1.24 bits per heavy atom. The predicted molar refractivity (Wildman–Crippen MR) is 83.6 cm³/mol. The van der Waals surface area contributed by atoms with Crippen molar-refractivity contribution >= 4 is 0 Å². The summed E-state index contributed by atoms with van der Waals surface area (Å²) in [4.78, 5) is 4.35. The Hall–Kier alpha value is -1.88. The van der Waals surface area contributed by atoms with Gasteiger partial charge < -0.3 is 10.1 Å². The van der Waals surface area contributed by atoms with Crippen LogP contribution in [0.3, 0.4) is 0 Å². The normalized spacial score (nSPS) is 11.4. The fraction of sp³-hybridized carbons (Fsp3) is 0.500. The first-order valence-electron chi connectivity index (χ1n) is 7.36. The zero-order chi connectivity index (χ0) is 15.4. The lowest BCUT2D eigenvalue weighted by Crippen LogP contribution is -2.22. The second-order valence-electron chi connectivity index (χ2n) is 5.82. The molecule has 0 saturated carbocycles. The monoisotopic (exact) mass is 288 g/mol. The largest absolute Gasteiger partial charge is 0.454 e. The fourth-order valence-electron chi connectivity index (χ4n) is 1.89. The van der Waals surface area contributed by atoms with Crippen LogP contribution in [0.2, 0.25) is 0 Å². The number of hydrogen-bond acceptors (Lipinski definition) is 4. The molecule has 0 unspecified atom stereocenters. The molecule has 0 radical (unpaired) electrons. The number of aryl methyl sites for hydroxylation is 1. The summed E-state index contributed by atoms with van der Waals surface area (Å²) in [5.41, 5.74) is 1.99. The van der Waals surface area contributed by atoms with E-state index < -0.39 is 0 Å². The number of nitrogens with zero attached hydrogens (tertiary/aromatic N) is 3. The fourth-order valence-corrected chi connectivity index (χ4v) is 1.89. The number of rotatable bonds is 6. The maximum Gasteiger partial charge on any atom is 0.165 e. The van der Waals surface area contributed by atoms with E-state index in [1.54, 1.807) is 6.20 Å². The minimum absolute atomic E-state index is 0.323. The smallest absolute Gasteiger partial charge is 0.165 e. The van der Waals surface area contributed by atoms with Crippen molar-refractivity contribution in [1.29, 1.82) is 0 Å². The maximum absolute atomic E-state index is 5.99. The molecule has 0 saturated heterocycles. The van der Waals surface area contributed by atoms with Gasteiger partial charge in [-0.25, -0.2) is 0 Å². The summed E-state index contributed by atoms with van der Waals surface area (Å²) in [6.07, 6.45) is 5.53. The van der Waals surface area contributed by atoms with Crippen molar-refractivity contribution in [3.05, 3.63) is 35.9 Å². The molecule has 5 heteroatoms. The van der Waals surface area contributed by atoms with Crippen LogP contribution in [0.1, 0.15) is 45.0 Å². The molecule has 0 atom stereocenters. The van der Waals surface area contributed by atoms with E-state index in [1.807, 2.05) is 30.1 Å². The third-order valence-corrected chi connectivity index (χ3v) is 3.12. The van der Waals surface area contributed by atoms with Gasteiger partial charge in [-0.05, 0) is 20.8 Å². The molecule has 2 aromatic rings. The van der Waals surface area contributed by atoms with Crippen LogP contribution in [0.15, 0.2) is 24.7 Å². The van der Waals surface area contributed by atoms with Gasteiger partial charge in [0.1, 0.15) is 5.75 Å². The van der Waals surface area contributed by atoms with Gasteiger partial charge in [0.2, 0.25) is 0 Å². The topological polar surface area (TPSA) is 52.0 Å². The van der Waals surface area contributed by atoms with Crippen molar-refractivity contribution in [2.45, 2.75) is 53.2 Å². The standard InChI is InChI=1S/C16H24N4O/c1-11(2)17-7-14-8-18-13(5)6-16(14)21-15-9-19-20(10-15)12(3)4/h6,8-12,17H,7H2,1-5H3. The van der Waals surface area contributed by atoms with Crippen LogP contribution in [0.5, 0.6) is 11.5 Å². The Bertz CT molecular complexity index is 590. The van der Waals surface area contributed by atoms with E-state index in [-0.39, 0.29) is 0 Å². The summed E-state index contributed by atoms with van der Waals surface area (Å²) in [6, 6.07) is 2.70. The summed E-state index contributed by atoms with van der Waals surface area (Å²) in [5, 5.41) is 7.69. The number of nitrogens with one attached hydrogen (secondary N) is 1. The van der Waals surface area contributed by atoms with Crippen molar-refractivity contribution < 1.29 is 4.74 Å². The average molecular weight is 288 g/mol. The van der Waals surface area contributed by atoms with Gasteiger partial charge >= 0.3 is 0 Å². The van der Waals surface area contributed by atoms with Gasteiger partial charge in [-0.2, -0.15) is 5.10 Å². The number of aromatic nitrogens is 3. The Labute approximate surface area is 126 Å². The number of ether oxygens (including phenoxy) is 1. The van der Waals surface area contributed by atoms with Gasteiger partial charge in [-0.1, -0.05) is 13.8 Å². The number of hydrogen-bond donors (Lipinski definition) is 1. The molecule has 0 aliphatic rings. The third kappa shape index (κ3) is 4.29. The molecule has 0 amide bonds. The van der Waals surface area contributed by atoms with Crippen molar-refractivity contribution in [2.24, 2.45) is 0 Å². The minimum Gasteiger partial charge on any atom is -0.454 e. The zero-order valence-corrected chi connectivity index (χ0v) is 13.4. The lowest BCUT2D eigenvalue weighted by molar-refractivity contribution is 0.464. The summed E-state index contributed by atoms with van der Waals surface area (Å²) in [5.74, 6) is 1.58. The summed E-state index contributed by atoms with van der Waals surface area (Å²) < 4.78 is 7.87. The third-order valence-electron chi connectivity index (χ3n) is 3.12. The highest BCUT2D eigenvalue weighted by Gasteiger charge is 2.09. The molecule has 0 fully saturated rings. The molecule has 0 bridgehead atoms. The highest BCUT2D eigenvalue weighted by Crippen LogP contribution is 2.26. The Kier molecular flexibility index (Phi) is 4.96. The molecular weight excluding hydrogens is 264 g/mol. The highest BCUT2D eigenvalue weighted by molar-refractivity contribution is 5.36. The molecular formula is C16H24N4O. The first-order chi connectivity index (χ1) is 9.95. The SMILES string of the molecule is Cc1cc(Oc2cnn(C(C)C)c2)c(CNC(C)C)cn1. The van der Waals surface area contributed by atoms with Crippen LogP contribution < -0.4 is 10.1 Å². The molecule has 114 valence electrons. The molecule has 0 aromatic carbocycles. The minimum atomic E-state index is 0.323. The van der Waals surface area contributed by atoms with Crippen LogP contribution in [-0.4, -0.2) is 20.8 Å². The number of pyridine rings is 1. The van der Waals surface area contributed by atoms with E-state index in [0.29, 0.717) is 12.1 Å². The van der Waals surface area contributed by atoms with Crippen molar-refractivity contribution in [2.75, 3.05) is 0 Å². The van der Waals surface area contributed by atoms with E-state index in [1.165, 1.54) is 0 Å². The Morgan fingerprint density at radius 3 is 2.62 bits per heavy atom. The van der Waals surface area contributed by atoms with Gasteiger partial charge in [-0.3, -0.25) is 9.67 Å². The average Bonchev–Trinajstić information content (AvgIpc) is 2.86. The van der Waals surface area contributed by atoms with Crippen molar-refractivity contribution in [3.8, 4) is 11.5 Å². The summed E-state index contributed by atoms with van der Waals surface area (Å²) in [6.45, 7) is 11.1. The molecule has 5 nitrogen and oxygen atoms in total. The van der Waals surface area contributed by atoms with E-state index in [4.69, 9.17) is 4.74 Å². The van der Waals surface area contributed by atoms with Gasteiger partial charge in [0.05, 0.1) is 12.4 Å². The molecule has 0 spiro atoms. The lowest BCUT2D eigenvalue weighted by Gasteiger charge is -2.13. The molecule has 0 aliphatic carbocycles. The molecule has 2 aromatic heterocycles. The maximum atomic E-state index is 5.99. The second-order valence-corrected chi connectivity index (χ2v) is 5.82. The highest BCUT2D eigenvalue weighted by atomic mass is 16.5. The van der Waals surface area contributed by atoms with Crippen LogP contribution in [0, 0.1) is 6.92 Å². The summed E-state index contributed by atoms with van der Waals surface area (Å²) in [7, 11) is 0. The molecule has 0 aliphatic heterocycles. The van der Waals surface area contributed by atoms with E-state index >= 15 is 0 Å².